The van der Waals surface area contributed by atoms with Crippen LogP contribution in [0, 0.1) is 13.8 Å². The van der Waals surface area contributed by atoms with Crippen molar-refractivity contribution in [1.29, 1.82) is 0 Å². The summed E-state index contributed by atoms with van der Waals surface area (Å²) in [5.41, 5.74) is 9.06. The Balaban J connectivity index is 0.000000263. The fraction of sp³-hybridized carbons (Fsp3) is 0.300. The number of carboxylic acids is 2. The first-order valence-electron chi connectivity index (χ1n) is 8.14. The smallest absolute Gasteiger partial charge is 0.325 e. The van der Waals surface area contributed by atoms with Crippen molar-refractivity contribution in [3.8, 4) is 0 Å². The molecule has 0 radical (unpaired) electrons. The number of hydrogen-bond donors (Lipinski definition) is 3. The summed E-state index contributed by atoms with van der Waals surface area (Å²) in [5.74, 6) is -1.82. The number of nitrogens with zero attached hydrogens (tertiary/aromatic N) is 1. The van der Waals surface area contributed by atoms with Gasteiger partial charge in [-0.2, -0.15) is 0 Å². The van der Waals surface area contributed by atoms with Gasteiger partial charge in [-0.3, -0.25) is 14.5 Å². The van der Waals surface area contributed by atoms with Crippen molar-refractivity contribution in [2.45, 2.75) is 25.9 Å². The van der Waals surface area contributed by atoms with Crippen LogP contribution in [-0.4, -0.2) is 41.1 Å². The molecule has 2 aromatic rings. The summed E-state index contributed by atoms with van der Waals surface area (Å²) in [6.07, 6.45) is 0. The van der Waals surface area contributed by atoms with Gasteiger partial charge < -0.3 is 15.9 Å². The van der Waals surface area contributed by atoms with E-state index < -0.39 is 24.0 Å². The molecule has 0 aromatic heterocycles. The summed E-state index contributed by atoms with van der Waals surface area (Å²) in [5, 5.41) is 17.6. The van der Waals surface area contributed by atoms with Gasteiger partial charge in [-0.25, -0.2) is 0 Å². The molecule has 0 fully saturated rings. The molecular formula is C20H26N2O4. The van der Waals surface area contributed by atoms with E-state index in [1.807, 2.05) is 50.2 Å². The number of nitrogens with two attached hydrogens (primary N) is 1. The van der Waals surface area contributed by atoms with E-state index in [9.17, 15) is 9.59 Å². The van der Waals surface area contributed by atoms with Crippen molar-refractivity contribution < 1.29 is 19.8 Å². The van der Waals surface area contributed by atoms with Gasteiger partial charge in [-0.15, -0.1) is 0 Å². The number of rotatable bonds is 5. The fourth-order valence-electron chi connectivity index (χ4n) is 2.33. The molecule has 0 aliphatic heterocycles. The molecule has 0 aliphatic rings. The van der Waals surface area contributed by atoms with E-state index in [4.69, 9.17) is 15.9 Å². The van der Waals surface area contributed by atoms with Crippen molar-refractivity contribution in [3.05, 3.63) is 70.8 Å². The van der Waals surface area contributed by atoms with Gasteiger partial charge in [-0.1, -0.05) is 59.7 Å². The van der Waals surface area contributed by atoms with E-state index in [0.29, 0.717) is 5.56 Å². The number of likely N-dealkylation sites (N-methyl/N-ethyl adjacent to an activating group) is 1. The number of aliphatic carboxylic acids is 2. The first-order chi connectivity index (χ1) is 12.1. The van der Waals surface area contributed by atoms with Gasteiger partial charge in [0.1, 0.15) is 12.1 Å². The van der Waals surface area contributed by atoms with Crippen molar-refractivity contribution in [2.24, 2.45) is 5.73 Å². The Labute approximate surface area is 153 Å². The van der Waals surface area contributed by atoms with Crippen LogP contribution in [-0.2, 0) is 9.59 Å². The average Bonchev–Trinajstić information content (AvgIpc) is 2.57. The zero-order chi connectivity index (χ0) is 19.9. The number of aryl methyl sites for hydroxylation is 2. The Bertz CT molecular complexity index is 724. The molecule has 0 spiro atoms. The molecule has 0 aliphatic carbocycles. The molecule has 6 nitrogen and oxygen atoms in total. The molecule has 0 heterocycles. The predicted octanol–water partition coefficient (Wildman–Crippen LogP) is 2.76. The lowest BCUT2D eigenvalue weighted by Gasteiger charge is -2.20. The van der Waals surface area contributed by atoms with Crippen LogP contribution in [0.5, 0.6) is 0 Å². The Morgan fingerprint density at radius 2 is 1.19 bits per heavy atom. The summed E-state index contributed by atoms with van der Waals surface area (Å²) < 4.78 is 0. The second-order valence-electron chi connectivity index (χ2n) is 6.34. The number of carbonyl (C=O) groups is 2. The maximum atomic E-state index is 11.0. The van der Waals surface area contributed by atoms with Crippen LogP contribution in [0.25, 0.3) is 0 Å². The van der Waals surface area contributed by atoms with E-state index in [1.165, 1.54) is 0 Å². The third kappa shape index (κ3) is 6.31. The summed E-state index contributed by atoms with van der Waals surface area (Å²) in [4.78, 5) is 23.1. The summed E-state index contributed by atoms with van der Waals surface area (Å²) in [7, 11) is 3.53. The highest BCUT2D eigenvalue weighted by Crippen LogP contribution is 2.18. The highest BCUT2D eigenvalue weighted by Gasteiger charge is 2.21. The molecular weight excluding hydrogens is 332 g/mol. The van der Waals surface area contributed by atoms with Gasteiger partial charge >= 0.3 is 11.9 Å². The van der Waals surface area contributed by atoms with E-state index in [1.54, 1.807) is 31.1 Å². The summed E-state index contributed by atoms with van der Waals surface area (Å²) in [6.45, 7) is 3.92. The monoisotopic (exact) mass is 358 g/mol. The van der Waals surface area contributed by atoms with Crippen molar-refractivity contribution in [1.82, 2.24) is 4.90 Å². The first-order valence-corrected chi connectivity index (χ1v) is 8.14. The normalized spacial score (nSPS) is 12.7. The molecule has 0 bridgehead atoms. The molecule has 1 unspecified atom stereocenters. The molecule has 2 rings (SSSR count). The number of hydrogen-bond acceptors (Lipinski definition) is 4. The molecule has 0 saturated carbocycles. The van der Waals surface area contributed by atoms with Crippen molar-refractivity contribution in [3.63, 3.8) is 0 Å². The lowest BCUT2D eigenvalue weighted by atomic mass is 10.0. The Morgan fingerprint density at radius 3 is 1.50 bits per heavy atom. The van der Waals surface area contributed by atoms with Crippen LogP contribution >= 0.6 is 0 Å². The minimum Gasteiger partial charge on any atom is -0.480 e. The largest absolute Gasteiger partial charge is 0.480 e. The molecule has 2 atom stereocenters. The van der Waals surface area contributed by atoms with Gasteiger partial charge in [0.2, 0.25) is 0 Å². The number of carboxylic acid groups (broad SMARTS) is 2. The standard InChI is InChI=1S/C11H15NO2.C9H11NO2/c1-8-4-6-9(7-5-8)10(11(13)14)12(2)3;1-6-2-4-7(5-3-6)8(10)9(11)12/h4-7,10H,1-3H3,(H,13,14);2-5,8H,10H2,1H3,(H,11,12)/t10-;/m1./s1. The fourth-order valence-corrected chi connectivity index (χ4v) is 2.33. The Morgan fingerprint density at radius 1 is 0.808 bits per heavy atom. The lowest BCUT2D eigenvalue weighted by Crippen LogP contribution is -2.27. The third-order valence-corrected chi connectivity index (χ3v) is 3.85. The van der Waals surface area contributed by atoms with Crippen molar-refractivity contribution >= 4 is 11.9 Å². The molecule has 2 aromatic carbocycles. The van der Waals surface area contributed by atoms with Crippen LogP contribution in [0.4, 0.5) is 0 Å². The minimum atomic E-state index is -1.00. The third-order valence-electron chi connectivity index (χ3n) is 3.85. The van der Waals surface area contributed by atoms with Crippen LogP contribution < -0.4 is 5.73 Å². The summed E-state index contributed by atoms with van der Waals surface area (Å²) in [6, 6.07) is 13.2. The topological polar surface area (TPSA) is 104 Å². The van der Waals surface area contributed by atoms with Gasteiger partial charge in [0.15, 0.2) is 0 Å². The Kier molecular flexibility index (Phi) is 7.96. The maximum absolute atomic E-state index is 11.0. The first kappa shape index (κ1) is 21.3. The van der Waals surface area contributed by atoms with Crippen molar-refractivity contribution in [2.75, 3.05) is 14.1 Å². The van der Waals surface area contributed by atoms with Crippen LogP contribution in [0.15, 0.2) is 48.5 Å². The second kappa shape index (κ2) is 9.70. The van der Waals surface area contributed by atoms with Crippen LogP contribution in [0.2, 0.25) is 0 Å². The quantitative estimate of drug-likeness (QED) is 0.759. The highest BCUT2D eigenvalue weighted by atomic mass is 16.4. The van der Waals surface area contributed by atoms with Gasteiger partial charge in [0, 0.05) is 0 Å². The van der Waals surface area contributed by atoms with Gasteiger partial charge in [0.05, 0.1) is 0 Å². The molecule has 140 valence electrons. The molecule has 0 saturated heterocycles. The lowest BCUT2D eigenvalue weighted by molar-refractivity contribution is -0.142. The van der Waals surface area contributed by atoms with E-state index in [0.717, 1.165) is 16.7 Å². The summed E-state index contributed by atoms with van der Waals surface area (Å²) >= 11 is 0. The molecule has 6 heteroatoms. The number of benzene rings is 2. The van der Waals surface area contributed by atoms with E-state index >= 15 is 0 Å². The molecule has 4 N–H and O–H groups in total. The average molecular weight is 358 g/mol. The zero-order valence-electron chi connectivity index (χ0n) is 15.5. The zero-order valence-corrected chi connectivity index (χ0v) is 15.5. The highest BCUT2D eigenvalue weighted by molar-refractivity contribution is 5.75. The molecule has 26 heavy (non-hydrogen) atoms. The van der Waals surface area contributed by atoms with Crippen LogP contribution in [0.1, 0.15) is 34.3 Å². The van der Waals surface area contributed by atoms with E-state index in [2.05, 4.69) is 0 Å². The van der Waals surface area contributed by atoms with Crippen LogP contribution in [0.3, 0.4) is 0 Å². The predicted molar refractivity (Wildman–Crippen MR) is 101 cm³/mol. The Hall–Kier alpha value is -2.70. The van der Waals surface area contributed by atoms with Gasteiger partial charge in [0.25, 0.3) is 0 Å². The SMILES string of the molecule is Cc1ccc(C(N)C(=O)O)cc1.Cc1ccc([C@H](C(=O)O)N(C)C)cc1. The minimum absolute atomic E-state index is 0.560. The van der Waals surface area contributed by atoms with Gasteiger partial charge in [-0.05, 0) is 39.1 Å². The second-order valence-corrected chi connectivity index (χ2v) is 6.34. The maximum Gasteiger partial charge on any atom is 0.325 e. The molecule has 0 amide bonds. The van der Waals surface area contributed by atoms with E-state index in [-0.39, 0.29) is 0 Å².